The number of nitrogens with zero attached hydrogens (tertiary/aromatic N) is 2. The number of hydrogen-bond donors (Lipinski definition) is 1. The van der Waals surface area contributed by atoms with E-state index in [0.717, 1.165) is 23.2 Å². The average molecular weight is 294 g/mol. The van der Waals surface area contributed by atoms with Gasteiger partial charge in [-0.05, 0) is 43.7 Å². The van der Waals surface area contributed by atoms with Crippen LogP contribution in [0, 0.1) is 6.92 Å². The minimum absolute atomic E-state index is 0.802. The molecule has 2 rings (SSSR count). The molecule has 0 unspecified atom stereocenters. The van der Waals surface area contributed by atoms with Crippen molar-refractivity contribution in [3.63, 3.8) is 0 Å². The van der Waals surface area contributed by atoms with E-state index in [-0.39, 0.29) is 0 Å². The molecule has 1 aromatic carbocycles. The third-order valence-corrected chi connectivity index (χ3v) is 3.25. The highest BCUT2D eigenvalue weighted by molar-refractivity contribution is 9.10. The van der Waals surface area contributed by atoms with Crippen LogP contribution in [0.1, 0.15) is 18.2 Å². The quantitative estimate of drug-likeness (QED) is 0.934. The molecule has 0 radical (unpaired) electrons. The van der Waals surface area contributed by atoms with Crippen molar-refractivity contribution in [2.75, 3.05) is 5.32 Å². The summed E-state index contributed by atoms with van der Waals surface area (Å²) in [6, 6.07) is 8.29. The van der Waals surface area contributed by atoms with Gasteiger partial charge in [0, 0.05) is 22.9 Å². The SMILES string of the molecule is CCn1nccc1CNc1ccc(Br)cc1C. The van der Waals surface area contributed by atoms with Crippen LogP contribution in [0.25, 0.3) is 0 Å². The first-order chi connectivity index (χ1) is 8.20. The molecule has 4 heteroatoms. The number of rotatable bonds is 4. The van der Waals surface area contributed by atoms with Crippen molar-refractivity contribution in [3.8, 4) is 0 Å². The van der Waals surface area contributed by atoms with E-state index in [0.29, 0.717) is 0 Å². The number of aromatic nitrogens is 2. The summed E-state index contributed by atoms with van der Waals surface area (Å²) in [6.07, 6.45) is 1.84. The zero-order valence-electron chi connectivity index (χ0n) is 10.1. The molecule has 0 saturated heterocycles. The molecule has 0 bridgehead atoms. The van der Waals surface area contributed by atoms with E-state index in [2.05, 4.69) is 52.3 Å². The van der Waals surface area contributed by atoms with Crippen molar-refractivity contribution < 1.29 is 0 Å². The van der Waals surface area contributed by atoms with Crippen molar-refractivity contribution in [3.05, 3.63) is 46.2 Å². The lowest BCUT2D eigenvalue weighted by Gasteiger charge is -2.10. The van der Waals surface area contributed by atoms with Crippen LogP contribution in [0.4, 0.5) is 5.69 Å². The summed E-state index contributed by atoms with van der Waals surface area (Å²) in [7, 11) is 0. The standard InChI is InChI=1S/C13H16BrN3/c1-3-17-12(6-7-16-17)9-15-13-5-4-11(14)8-10(13)2/h4-8,15H,3,9H2,1-2H3. The number of aryl methyl sites for hydroxylation is 2. The third-order valence-electron chi connectivity index (χ3n) is 2.75. The number of benzene rings is 1. The van der Waals surface area contributed by atoms with Crippen molar-refractivity contribution >= 4 is 21.6 Å². The molecule has 0 spiro atoms. The van der Waals surface area contributed by atoms with Crippen LogP contribution < -0.4 is 5.32 Å². The van der Waals surface area contributed by atoms with Gasteiger partial charge in [-0.15, -0.1) is 0 Å². The van der Waals surface area contributed by atoms with Crippen LogP contribution in [-0.2, 0) is 13.1 Å². The maximum absolute atomic E-state index is 4.25. The average Bonchev–Trinajstić information content (AvgIpc) is 2.75. The van der Waals surface area contributed by atoms with E-state index in [1.54, 1.807) is 0 Å². The Hall–Kier alpha value is -1.29. The topological polar surface area (TPSA) is 29.9 Å². The Morgan fingerprint density at radius 2 is 2.18 bits per heavy atom. The van der Waals surface area contributed by atoms with Crippen LogP contribution >= 0.6 is 15.9 Å². The number of hydrogen-bond acceptors (Lipinski definition) is 2. The Morgan fingerprint density at radius 3 is 2.88 bits per heavy atom. The fourth-order valence-electron chi connectivity index (χ4n) is 1.81. The summed E-state index contributed by atoms with van der Waals surface area (Å²) in [5, 5.41) is 7.69. The minimum atomic E-state index is 0.802. The lowest BCUT2D eigenvalue weighted by molar-refractivity contribution is 0.627. The third kappa shape index (κ3) is 2.88. The van der Waals surface area contributed by atoms with Crippen molar-refractivity contribution in [2.45, 2.75) is 26.9 Å². The number of anilines is 1. The van der Waals surface area contributed by atoms with Crippen LogP contribution in [-0.4, -0.2) is 9.78 Å². The molecule has 0 aliphatic carbocycles. The monoisotopic (exact) mass is 293 g/mol. The Labute approximate surface area is 110 Å². The minimum Gasteiger partial charge on any atom is -0.379 e. The largest absolute Gasteiger partial charge is 0.379 e. The molecular formula is C13H16BrN3. The predicted molar refractivity (Wildman–Crippen MR) is 74.1 cm³/mol. The summed E-state index contributed by atoms with van der Waals surface area (Å²) in [5.41, 5.74) is 3.61. The first kappa shape index (κ1) is 12.2. The van der Waals surface area contributed by atoms with Crippen LogP contribution in [0.15, 0.2) is 34.9 Å². The van der Waals surface area contributed by atoms with Gasteiger partial charge in [-0.2, -0.15) is 5.10 Å². The summed E-state index contributed by atoms with van der Waals surface area (Å²) in [5.74, 6) is 0. The molecule has 0 amide bonds. The summed E-state index contributed by atoms with van der Waals surface area (Å²) >= 11 is 3.47. The molecule has 0 saturated carbocycles. The van der Waals surface area contributed by atoms with E-state index in [9.17, 15) is 0 Å². The molecule has 17 heavy (non-hydrogen) atoms. The Balaban J connectivity index is 2.07. The fraction of sp³-hybridized carbons (Fsp3) is 0.308. The highest BCUT2D eigenvalue weighted by Crippen LogP contribution is 2.20. The highest BCUT2D eigenvalue weighted by atomic mass is 79.9. The Kier molecular flexibility index (Phi) is 3.84. The van der Waals surface area contributed by atoms with Gasteiger partial charge in [-0.1, -0.05) is 15.9 Å². The van der Waals surface area contributed by atoms with Gasteiger partial charge in [-0.3, -0.25) is 4.68 Å². The van der Waals surface area contributed by atoms with Crippen molar-refractivity contribution in [2.24, 2.45) is 0 Å². The molecule has 3 nitrogen and oxygen atoms in total. The van der Waals surface area contributed by atoms with Gasteiger partial charge in [0.15, 0.2) is 0 Å². The van der Waals surface area contributed by atoms with Crippen molar-refractivity contribution in [1.29, 1.82) is 0 Å². The van der Waals surface area contributed by atoms with E-state index < -0.39 is 0 Å². The van der Waals surface area contributed by atoms with Crippen molar-refractivity contribution in [1.82, 2.24) is 9.78 Å². The molecule has 90 valence electrons. The van der Waals surface area contributed by atoms with E-state index in [1.807, 2.05) is 23.0 Å². The normalized spacial score (nSPS) is 10.5. The summed E-state index contributed by atoms with van der Waals surface area (Å²) in [4.78, 5) is 0. The maximum Gasteiger partial charge on any atom is 0.0575 e. The van der Waals surface area contributed by atoms with Gasteiger partial charge >= 0.3 is 0 Å². The highest BCUT2D eigenvalue weighted by Gasteiger charge is 2.02. The van der Waals surface area contributed by atoms with Gasteiger partial charge in [-0.25, -0.2) is 0 Å². The molecule has 2 aromatic rings. The van der Waals surface area contributed by atoms with E-state index in [4.69, 9.17) is 0 Å². The van der Waals surface area contributed by atoms with Gasteiger partial charge in [0.1, 0.15) is 0 Å². The summed E-state index contributed by atoms with van der Waals surface area (Å²) < 4.78 is 3.11. The molecule has 1 aromatic heterocycles. The van der Waals surface area contributed by atoms with Gasteiger partial charge in [0.2, 0.25) is 0 Å². The molecule has 0 aliphatic rings. The number of nitrogens with one attached hydrogen (secondary N) is 1. The molecule has 1 N–H and O–H groups in total. The molecule has 1 heterocycles. The Morgan fingerprint density at radius 1 is 1.35 bits per heavy atom. The molecule has 0 atom stereocenters. The second-order valence-electron chi connectivity index (χ2n) is 3.95. The molecule has 0 fully saturated rings. The molecule has 0 aliphatic heterocycles. The molecular weight excluding hydrogens is 278 g/mol. The van der Waals surface area contributed by atoms with E-state index in [1.165, 1.54) is 11.3 Å². The zero-order valence-corrected chi connectivity index (χ0v) is 11.7. The zero-order chi connectivity index (χ0) is 12.3. The van der Waals surface area contributed by atoms with Gasteiger partial charge in [0.05, 0.1) is 12.2 Å². The summed E-state index contributed by atoms with van der Waals surface area (Å²) in [6.45, 7) is 5.91. The number of halogens is 1. The Bertz CT molecular complexity index is 505. The first-order valence-corrected chi connectivity index (χ1v) is 6.50. The van der Waals surface area contributed by atoms with E-state index >= 15 is 0 Å². The van der Waals surface area contributed by atoms with Gasteiger partial charge in [0.25, 0.3) is 0 Å². The predicted octanol–water partition coefficient (Wildman–Crippen LogP) is 3.59. The fourth-order valence-corrected chi connectivity index (χ4v) is 2.28. The second kappa shape index (κ2) is 5.36. The van der Waals surface area contributed by atoms with Gasteiger partial charge < -0.3 is 5.32 Å². The van der Waals surface area contributed by atoms with Crippen LogP contribution in [0.2, 0.25) is 0 Å². The lowest BCUT2D eigenvalue weighted by Crippen LogP contribution is -2.08. The lowest BCUT2D eigenvalue weighted by atomic mass is 10.2. The van der Waals surface area contributed by atoms with Crippen LogP contribution in [0.3, 0.4) is 0 Å². The second-order valence-corrected chi connectivity index (χ2v) is 4.87. The smallest absolute Gasteiger partial charge is 0.0575 e. The maximum atomic E-state index is 4.25. The van der Waals surface area contributed by atoms with Crippen LogP contribution in [0.5, 0.6) is 0 Å². The first-order valence-electron chi connectivity index (χ1n) is 5.71.